The maximum atomic E-state index is 12.9. The first-order chi connectivity index (χ1) is 11.1. The molecule has 1 N–H and O–H groups in total. The van der Waals surface area contributed by atoms with Gasteiger partial charge in [-0.2, -0.15) is 4.31 Å². The molecule has 1 aliphatic heterocycles. The standard InChI is InChI=1S/C15H24N2O5S2/c1-12-4-5-14(23(3,19)20)10-15(12)24(21,22)17-8-6-16(7-9-17)13(2)11-18/h4-5,10,13,18H,6-9,11H2,1-3H3/t13-/m0/s1. The van der Waals surface area contributed by atoms with Crippen molar-refractivity contribution in [3.63, 3.8) is 0 Å². The predicted molar refractivity (Wildman–Crippen MR) is 91.2 cm³/mol. The van der Waals surface area contributed by atoms with Gasteiger partial charge in [-0.1, -0.05) is 6.07 Å². The molecule has 1 atom stereocenters. The molecule has 0 radical (unpaired) electrons. The lowest BCUT2D eigenvalue weighted by molar-refractivity contribution is 0.100. The number of rotatable bonds is 5. The fourth-order valence-electron chi connectivity index (χ4n) is 2.73. The number of sulfone groups is 1. The largest absolute Gasteiger partial charge is 0.395 e. The Hall–Kier alpha value is -1.00. The molecule has 1 aromatic carbocycles. The van der Waals surface area contributed by atoms with E-state index in [0.717, 1.165) is 6.26 Å². The van der Waals surface area contributed by atoms with Gasteiger partial charge >= 0.3 is 0 Å². The monoisotopic (exact) mass is 376 g/mol. The average molecular weight is 377 g/mol. The molecule has 2 rings (SSSR count). The first kappa shape index (κ1) is 19.3. The van der Waals surface area contributed by atoms with Crippen LogP contribution in [0.4, 0.5) is 0 Å². The summed E-state index contributed by atoms with van der Waals surface area (Å²) >= 11 is 0. The van der Waals surface area contributed by atoms with Crippen LogP contribution in [0.15, 0.2) is 28.0 Å². The number of nitrogens with zero attached hydrogens (tertiary/aromatic N) is 2. The third kappa shape index (κ3) is 3.97. The molecule has 0 aliphatic carbocycles. The van der Waals surface area contributed by atoms with E-state index in [2.05, 4.69) is 0 Å². The minimum Gasteiger partial charge on any atom is -0.395 e. The lowest BCUT2D eigenvalue weighted by Gasteiger charge is -2.37. The molecular formula is C15H24N2O5S2. The maximum Gasteiger partial charge on any atom is 0.243 e. The van der Waals surface area contributed by atoms with E-state index < -0.39 is 19.9 Å². The Morgan fingerprint density at radius 3 is 2.21 bits per heavy atom. The molecule has 136 valence electrons. The maximum absolute atomic E-state index is 12.9. The Balaban J connectivity index is 2.29. The highest BCUT2D eigenvalue weighted by Gasteiger charge is 2.31. The van der Waals surface area contributed by atoms with E-state index in [1.54, 1.807) is 6.92 Å². The summed E-state index contributed by atoms with van der Waals surface area (Å²) in [4.78, 5) is 2.07. The number of aliphatic hydroxyl groups excluding tert-OH is 1. The van der Waals surface area contributed by atoms with E-state index in [1.165, 1.54) is 22.5 Å². The summed E-state index contributed by atoms with van der Waals surface area (Å²) in [5.74, 6) is 0. The van der Waals surface area contributed by atoms with Crippen molar-refractivity contribution in [2.45, 2.75) is 29.7 Å². The summed E-state index contributed by atoms with van der Waals surface area (Å²) in [5.41, 5.74) is 0.522. The van der Waals surface area contributed by atoms with Gasteiger partial charge in [0.2, 0.25) is 10.0 Å². The summed E-state index contributed by atoms with van der Waals surface area (Å²) in [5, 5.41) is 9.20. The van der Waals surface area contributed by atoms with Crippen LogP contribution in [-0.4, -0.2) is 76.2 Å². The molecule has 0 saturated carbocycles. The first-order valence-electron chi connectivity index (χ1n) is 7.73. The molecule has 1 heterocycles. The van der Waals surface area contributed by atoms with Gasteiger partial charge in [-0.05, 0) is 31.5 Å². The quantitative estimate of drug-likeness (QED) is 0.782. The van der Waals surface area contributed by atoms with Crippen molar-refractivity contribution < 1.29 is 21.9 Å². The van der Waals surface area contributed by atoms with Gasteiger partial charge < -0.3 is 5.11 Å². The van der Waals surface area contributed by atoms with E-state index in [0.29, 0.717) is 31.7 Å². The molecule has 1 fully saturated rings. The van der Waals surface area contributed by atoms with Gasteiger partial charge in [0.15, 0.2) is 9.84 Å². The van der Waals surface area contributed by atoms with Crippen LogP contribution >= 0.6 is 0 Å². The minimum absolute atomic E-state index is 0.000728. The number of aliphatic hydroxyl groups is 1. The number of hydrogen-bond acceptors (Lipinski definition) is 6. The van der Waals surface area contributed by atoms with Gasteiger partial charge in [-0.3, -0.25) is 4.90 Å². The molecule has 0 spiro atoms. The molecule has 0 aromatic heterocycles. The summed E-state index contributed by atoms with van der Waals surface area (Å²) in [6.07, 6.45) is 1.06. The molecule has 0 amide bonds. The van der Waals surface area contributed by atoms with Gasteiger partial charge in [0.05, 0.1) is 16.4 Å². The lowest BCUT2D eigenvalue weighted by Crippen LogP contribution is -2.52. The fourth-order valence-corrected chi connectivity index (χ4v) is 5.12. The normalized spacial score (nSPS) is 19.3. The topological polar surface area (TPSA) is 95.0 Å². The SMILES string of the molecule is Cc1ccc(S(C)(=O)=O)cc1S(=O)(=O)N1CCN([C@@H](C)CO)CC1. The number of sulfonamides is 1. The summed E-state index contributed by atoms with van der Waals surface area (Å²) in [7, 11) is -7.23. The van der Waals surface area contributed by atoms with Crippen molar-refractivity contribution in [1.82, 2.24) is 9.21 Å². The van der Waals surface area contributed by atoms with Gasteiger partial charge in [0.25, 0.3) is 0 Å². The predicted octanol–water partition coefficient (Wildman–Crippen LogP) is 0.0856. The molecule has 24 heavy (non-hydrogen) atoms. The zero-order valence-electron chi connectivity index (χ0n) is 14.1. The first-order valence-corrected chi connectivity index (χ1v) is 11.1. The molecule has 0 bridgehead atoms. The third-order valence-corrected chi connectivity index (χ3v) is 7.52. The van der Waals surface area contributed by atoms with Gasteiger partial charge in [-0.15, -0.1) is 0 Å². The molecule has 7 nitrogen and oxygen atoms in total. The van der Waals surface area contributed by atoms with Crippen molar-refractivity contribution in [1.29, 1.82) is 0 Å². The van der Waals surface area contributed by atoms with E-state index in [9.17, 15) is 21.9 Å². The van der Waals surface area contributed by atoms with Gasteiger partial charge in [-0.25, -0.2) is 16.8 Å². The summed E-state index contributed by atoms with van der Waals surface area (Å²) in [6.45, 7) is 5.27. The van der Waals surface area contributed by atoms with Crippen LogP contribution in [0.1, 0.15) is 12.5 Å². The van der Waals surface area contributed by atoms with Gasteiger partial charge in [0.1, 0.15) is 0 Å². The van der Waals surface area contributed by atoms with Crippen molar-refractivity contribution >= 4 is 19.9 Å². The summed E-state index contributed by atoms with van der Waals surface area (Å²) in [6, 6.07) is 4.17. The molecule has 0 unspecified atom stereocenters. The lowest BCUT2D eigenvalue weighted by atomic mass is 10.2. The molecular weight excluding hydrogens is 352 g/mol. The average Bonchev–Trinajstić information content (AvgIpc) is 2.53. The Morgan fingerprint density at radius 1 is 1.12 bits per heavy atom. The second kappa shape index (κ2) is 7.09. The van der Waals surface area contributed by atoms with Crippen LogP contribution in [0.2, 0.25) is 0 Å². The number of piperazine rings is 1. The highest BCUT2D eigenvalue weighted by molar-refractivity contribution is 7.91. The van der Waals surface area contributed by atoms with Crippen LogP contribution in [0.3, 0.4) is 0 Å². The summed E-state index contributed by atoms with van der Waals surface area (Å²) < 4.78 is 50.6. The van der Waals surface area contributed by atoms with Crippen LogP contribution < -0.4 is 0 Å². The van der Waals surface area contributed by atoms with Crippen LogP contribution in [0, 0.1) is 6.92 Å². The number of aryl methyl sites for hydroxylation is 1. The third-order valence-electron chi connectivity index (χ3n) is 4.37. The Labute approximate surface area is 143 Å². The van der Waals surface area contributed by atoms with Crippen LogP contribution in [0.5, 0.6) is 0 Å². The Kier molecular flexibility index (Phi) is 5.71. The zero-order valence-corrected chi connectivity index (χ0v) is 15.8. The molecule has 1 aromatic rings. The smallest absolute Gasteiger partial charge is 0.243 e. The second-order valence-corrected chi connectivity index (χ2v) is 10.1. The van der Waals surface area contributed by atoms with Crippen molar-refractivity contribution in [3.05, 3.63) is 23.8 Å². The van der Waals surface area contributed by atoms with Gasteiger partial charge in [0, 0.05) is 38.5 Å². The highest BCUT2D eigenvalue weighted by Crippen LogP contribution is 2.24. The molecule has 1 saturated heterocycles. The van der Waals surface area contributed by atoms with Crippen molar-refractivity contribution in [2.75, 3.05) is 39.0 Å². The number of benzene rings is 1. The van der Waals surface area contributed by atoms with Crippen molar-refractivity contribution in [3.8, 4) is 0 Å². The molecule has 9 heteroatoms. The zero-order chi connectivity index (χ0) is 18.1. The second-order valence-electron chi connectivity index (χ2n) is 6.17. The highest BCUT2D eigenvalue weighted by atomic mass is 32.2. The number of hydrogen-bond donors (Lipinski definition) is 1. The molecule has 1 aliphatic rings. The Bertz CT molecular complexity index is 797. The van der Waals surface area contributed by atoms with E-state index in [4.69, 9.17) is 0 Å². The van der Waals surface area contributed by atoms with E-state index >= 15 is 0 Å². The fraction of sp³-hybridized carbons (Fsp3) is 0.600. The van der Waals surface area contributed by atoms with Crippen LogP contribution in [0.25, 0.3) is 0 Å². The van der Waals surface area contributed by atoms with E-state index in [-0.39, 0.29) is 22.4 Å². The van der Waals surface area contributed by atoms with Crippen LogP contribution in [-0.2, 0) is 19.9 Å². The van der Waals surface area contributed by atoms with Crippen molar-refractivity contribution in [2.24, 2.45) is 0 Å². The Morgan fingerprint density at radius 2 is 1.71 bits per heavy atom. The minimum atomic E-state index is -3.75. The van der Waals surface area contributed by atoms with E-state index in [1.807, 2.05) is 11.8 Å².